The lowest BCUT2D eigenvalue weighted by atomic mass is 10.1. The van der Waals surface area contributed by atoms with Gasteiger partial charge < -0.3 is 10.6 Å². The van der Waals surface area contributed by atoms with Crippen molar-refractivity contribution in [2.45, 2.75) is 6.92 Å². The Morgan fingerprint density at radius 3 is 2.55 bits per heavy atom. The van der Waals surface area contributed by atoms with Gasteiger partial charge in [-0.3, -0.25) is 14.9 Å². The molecular weight excluding hydrogens is 398 g/mol. The number of amides is 1. The summed E-state index contributed by atoms with van der Waals surface area (Å²) in [6.07, 6.45) is 1.45. The first kappa shape index (κ1) is 19.7. The van der Waals surface area contributed by atoms with Crippen LogP contribution in [0.1, 0.15) is 15.9 Å². The van der Waals surface area contributed by atoms with Crippen LogP contribution in [0.2, 0.25) is 0 Å². The molecule has 0 aliphatic carbocycles. The number of hydrogen-bond donors (Lipinski definition) is 2. The molecule has 0 saturated heterocycles. The molecule has 0 aliphatic heterocycles. The Hall–Kier alpha value is -4.60. The van der Waals surface area contributed by atoms with Crippen molar-refractivity contribution in [3.05, 3.63) is 94.3 Å². The second-order valence-electron chi connectivity index (χ2n) is 6.69. The molecule has 154 valence electrons. The number of carbonyl (C=O) groups excluding carboxylic acids is 1. The Kier molecular flexibility index (Phi) is 5.35. The standard InChI is InChI=1S/C21H17N7O3/c1-14-7-9-17(12-19(14)27-13-22-25-26-27)24-21(29)15-8-10-18(20(11-15)28(30)31)23-16-5-3-2-4-6-16/h2-13,23H,1H3,(H,24,29). The van der Waals surface area contributed by atoms with Crippen LogP contribution in [0.15, 0.2) is 73.1 Å². The number of para-hydroxylation sites is 1. The maximum absolute atomic E-state index is 12.7. The van der Waals surface area contributed by atoms with E-state index in [1.54, 1.807) is 24.3 Å². The van der Waals surface area contributed by atoms with Crippen LogP contribution in [-0.2, 0) is 0 Å². The number of tetrazole rings is 1. The molecule has 1 heterocycles. The van der Waals surface area contributed by atoms with Gasteiger partial charge in [-0.1, -0.05) is 24.3 Å². The van der Waals surface area contributed by atoms with Gasteiger partial charge in [0.05, 0.1) is 10.6 Å². The summed E-state index contributed by atoms with van der Waals surface area (Å²) in [5.41, 5.74) is 3.09. The smallest absolute Gasteiger partial charge is 0.293 e. The van der Waals surface area contributed by atoms with Crippen molar-refractivity contribution in [1.29, 1.82) is 0 Å². The van der Waals surface area contributed by atoms with Crippen LogP contribution in [0.3, 0.4) is 0 Å². The molecule has 0 unspecified atom stereocenters. The lowest BCUT2D eigenvalue weighted by Gasteiger charge is -2.11. The van der Waals surface area contributed by atoms with Crippen molar-refractivity contribution >= 4 is 28.7 Å². The van der Waals surface area contributed by atoms with Gasteiger partial charge in [0, 0.05) is 23.0 Å². The van der Waals surface area contributed by atoms with Crippen LogP contribution in [0.5, 0.6) is 0 Å². The van der Waals surface area contributed by atoms with E-state index in [0.717, 1.165) is 5.56 Å². The maximum Gasteiger partial charge on any atom is 0.293 e. The molecule has 0 bridgehead atoms. The number of hydrogen-bond acceptors (Lipinski definition) is 7. The Morgan fingerprint density at radius 1 is 1.03 bits per heavy atom. The van der Waals surface area contributed by atoms with E-state index in [0.29, 0.717) is 22.7 Å². The lowest BCUT2D eigenvalue weighted by molar-refractivity contribution is -0.383. The van der Waals surface area contributed by atoms with Crippen LogP contribution in [0.25, 0.3) is 5.69 Å². The molecule has 4 aromatic rings. The highest BCUT2D eigenvalue weighted by Crippen LogP contribution is 2.29. The highest BCUT2D eigenvalue weighted by molar-refractivity contribution is 6.05. The molecule has 0 spiro atoms. The van der Waals surface area contributed by atoms with Crippen LogP contribution in [-0.4, -0.2) is 31.0 Å². The molecule has 1 aromatic heterocycles. The van der Waals surface area contributed by atoms with E-state index in [1.165, 1.54) is 29.2 Å². The largest absolute Gasteiger partial charge is 0.350 e. The third-order valence-corrected chi connectivity index (χ3v) is 4.57. The summed E-state index contributed by atoms with van der Waals surface area (Å²) >= 11 is 0. The number of nitro benzene ring substituents is 1. The average Bonchev–Trinajstić information content (AvgIpc) is 3.30. The minimum absolute atomic E-state index is 0.162. The lowest BCUT2D eigenvalue weighted by Crippen LogP contribution is -2.13. The number of anilines is 3. The van der Waals surface area contributed by atoms with Crippen molar-refractivity contribution in [2.24, 2.45) is 0 Å². The predicted octanol–water partition coefficient (Wildman–Crippen LogP) is 3.87. The number of aryl methyl sites for hydroxylation is 1. The topological polar surface area (TPSA) is 128 Å². The number of carbonyl (C=O) groups is 1. The van der Waals surface area contributed by atoms with Gasteiger partial charge in [-0.05, 0) is 59.3 Å². The first-order valence-electron chi connectivity index (χ1n) is 9.27. The van der Waals surface area contributed by atoms with Crippen LogP contribution >= 0.6 is 0 Å². The fraction of sp³-hybridized carbons (Fsp3) is 0.0476. The second kappa shape index (κ2) is 8.41. The van der Waals surface area contributed by atoms with E-state index in [-0.39, 0.29) is 11.3 Å². The highest BCUT2D eigenvalue weighted by Gasteiger charge is 2.18. The third-order valence-electron chi connectivity index (χ3n) is 4.57. The molecule has 4 rings (SSSR count). The summed E-state index contributed by atoms with van der Waals surface area (Å²) in [6, 6.07) is 18.7. The number of nitrogens with zero attached hydrogens (tertiary/aromatic N) is 5. The number of nitrogens with one attached hydrogen (secondary N) is 2. The maximum atomic E-state index is 12.7. The third kappa shape index (κ3) is 4.37. The number of benzene rings is 3. The summed E-state index contributed by atoms with van der Waals surface area (Å²) in [6.45, 7) is 1.89. The molecular formula is C21H17N7O3. The zero-order valence-electron chi connectivity index (χ0n) is 16.4. The molecule has 0 fully saturated rings. The van der Waals surface area contributed by atoms with E-state index in [2.05, 4.69) is 26.2 Å². The fourth-order valence-corrected chi connectivity index (χ4v) is 3.02. The van der Waals surface area contributed by atoms with Crippen LogP contribution in [0, 0.1) is 17.0 Å². The molecule has 1 amide bonds. The molecule has 0 aliphatic rings. The van der Waals surface area contributed by atoms with E-state index < -0.39 is 10.8 Å². The zero-order chi connectivity index (χ0) is 21.8. The predicted molar refractivity (Wildman–Crippen MR) is 115 cm³/mol. The molecule has 0 radical (unpaired) electrons. The SMILES string of the molecule is Cc1ccc(NC(=O)c2ccc(Nc3ccccc3)c([N+](=O)[O-])c2)cc1-n1cnnn1. The van der Waals surface area contributed by atoms with Crippen LogP contribution in [0.4, 0.5) is 22.7 Å². The van der Waals surface area contributed by atoms with Crippen LogP contribution < -0.4 is 10.6 Å². The molecule has 3 aromatic carbocycles. The monoisotopic (exact) mass is 415 g/mol. The average molecular weight is 415 g/mol. The van der Waals surface area contributed by atoms with Crippen molar-refractivity contribution in [2.75, 3.05) is 10.6 Å². The Labute approximate surface area is 176 Å². The fourth-order valence-electron chi connectivity index (χ4n) is 3.02. The summed E-state index contributed by atoms with van der Waals surface area (Å²) in [5.74, 6) is -0.471. The Bertz CT molecular complexity index is 1240. The van der Waals surface area contributed by atoms with E-state index >= 15 is 0 Å². The first-order chi connectivity index (χ1) is 15.0. The second-order valence-corrected chi connectivity index (χ2v) is 6.69. The first-order valence-corrected chi connectivity index (χ1v) is 9.27. The van der Waals surface area contributed by atoms with Crippen molar-refractivity contribution in [1.82, 2.24) is 20.2 Å². The minimum Gasteiger partial charge on any atom is -0.350 e. The van der Waals surface area contributed by atoms with Gasteiger partial charge in [-0.25, -0.2) is 4.68 Å². The van der Waals surface area contributed by atoms with Gasteiger partial charge in [-0.15, -0.1) is 5.10 Å². The summed E-state index contributed by atoms with van der Waals surface area (Å²) in [4.78, 5) is 23.8. The Morgan fingerprint density at radius 2 is 1.84 bits per heavy atom. The van der Waals surface area contributed by atoms with Gasteiger partial charge in [0.2, 0.25) is 0 Å². The van der Waals surface area contributed by atoms with Gasteiger partial charge in [0.25, 0.3) is 11.6 Å². The van der Waals surface area contributed by atoms with E-state index in [1.807, 2.05) is 31.2 Å². The van der Waals surface area contributed by atoms with Crippen molar-refractivity contribution < 1.29 is 9.72 Å². The van der Waals surface area contributed by atoms with Gasteiger partial charge >= 0.3 is 0 Å². The Balaban J connectivity index is 1.58. The van der Waals surface area contributed by atoms with Crippen molar-refractivity contribution in [3.63, 3.8) is 0 Å². The van der Waals surface area contributed by atoms with Gasteiger partial charge in [0.15, 0.2) is 0 Å². The summed E-state index contributed by atoms with van der Waals surface area (Å²) in [7, 11) is 0. The number of aromatic nitrogens is 4. The number of rotatable bonds is 6. The summed E-state index contributed by atoms with van der Waals surface area (Å²) < 4.78 is 1.49. The normalized spacial score (nSPS) is 10.5. The van der Waals surface area contributed by atoms with Crippen molar-refractivity contribution in [3.8, 4) is 5.69 Å². The van der Waals surface area contributed by atoms with E-state index in [4.69, 9.17) is 0 Å². The van der Waals surface area contributed by atoms with E-state index in [9.17, 15) is 14.9 Å². The van der Waals surface area contributed by atoms with Gasteiger partial charge in [-0.2, -0.15) is 0 Å². The highest BCUT2D eigenvalue weighted by atomic mass is 16.6. The quantitative estimate of drug-likeness (QED) is 0.361. The molecule has 10 heteroatoms. The molecule has 2 N–H and O–H groups in total. The van der Waals surface area contributed by atoms with Gasteiger partial charge in [0.1, 0.15) is 12.0 Å². The molecule has 0 atom stereocenters. The molecule has 10 nitrogen and oxygen atoms in total. The summed E-state index contributed by atoms with van der Waals surface area (Å²) in [5, 5.41) is 28.4. The zero-order valence-corrected chi connectivity index (χ0v) is 16.4. The molecule has 0 saturated carbocycles. The number of nitro groups is 1. The molecule has 31 heavy (non-hydrogen) atoms. The minimum atomic E-state index is -0.524.